The van der Waals surface area contributed by atoms with Gasteiger partial charge >= 0.3 is 0 Å². The maximum atomic E-state index is 9.30. The van der Waals surface area contributed by atoms with Crippen LogP contribution in [0.25, 0.3) is 0 Å². The first kappa shape index (κ1) is 9.66. The number of alkyl halides is 1. The van der Waals surface area contributed by atoms with E-state index in [-0.39, 0.29) is 6.10 Å². The summed E-state index contributed by atoms with van der Waals surface area (Å²) in [5.74, 6) is 0. The molecule has 0 aromatic heterocycles. The predicted octanol–water partition coefficient (Wildman–Crippen LogP) is -0.486. The van der Waals surface area contributed by atoms with Crippen molar-refractivity contribution in [2.45, 2.75) is 24.6 Å². The summed E-state index contributed by atoms with van der Waals surface area (Å²) in [4.78, 5) is 0. The highest BCUT2D eigenvalue weighted by Crippen LogP contribution is 2.22. The van der Waals surface area contributed by atoms with Crippen LogP contribution in [0.4, 0.5) is 0 Å². The summed E-state index contributed by atoms with van der Waals surface area (Å²) in [6.07, 6.45) is -2.73. The zero-order valence-corrected chi connectivity index (χ0v) is 8.26. The van der Waals surface area contributed by atoms with Crippen molar-refractivity contribution in [2.24, 2.45) is 0 Å². The molecule has 0 aromatic carbocycles. The van der Waals surface area contributed by atoms with E-state index in [1.807, 2.05) is 0 Å². The fourth-order valence-corrected chi connectivity index (χ4v) is 1.77. The highest BCUT2D eigenvalue weighted by atomic mass is 127. The highest BCUT2D eigenvalue weighted by molar-refractivity contribution is 14.1. The largest absolute Gasteiger partial charge is 0.387 e. The van der Waals surface area contributed by atoms with Gasteiger partial charge in [0.2, 0.25) is 0 Å². The van der Waals surface area contributed by atoms with E-state index in [1.54, 1.807) is 0 Å². The van der Waals surface area contributed by atoms with E-state index in [0.717, 1.165) is 0 Å². The molecule has 0 aliphatic carbocycles. The van der Waals surface area contributed by atoms with E-state index in [4.69, 9.17) is 9.47 Å². The van der Waals surface area contributed by atoms with Gasteiger partial charge in [-0.25, -0.2) is 0 Å². The van der Waals surface area contributed by atoms with Crippen molar-refractivity contribution in [3.63, 3.8) is 0 Å². The molecule has 1 aliphatic rings. The maximum absolute atomic E-state index is 9.30. The zero-order valence-electron chi connectivity index (χ0n) is 6.11. The van der Waals surface area contributed by atoms with Crippen molar-refractivity contribution >= 4 is 22.6 Å². The summed E-state index contributed by atoms with van der Waals surface area (Å²) in [6, 6.07) is 0. The van der Waals surface area contributed by atoms with Gasteiger partial charge in [0, 0.05) is 11.5 Å². The molecule has 0 aromatic rings. The van der Waals surface area contributed by atoms with E-state index in [9.17, 15) is 10.2 Å². The third kappa shape index (κ3) is 1.83. The third-order valence-corrected chi connectivity index (χ3v) is 2.57. The molecule has 0 amide bonds. The summed E-state index contributed by atoms with van der Waals surface area (Å²) in [5.41, 5.74) is 0. The SMILES string of the molecule is COC1OC(CI)C(O)C1O. The molecule has 4 atom stereocenters. The molecule has 0 radical (unpaired) electrons. The quantitative estimate of drug-likeness (QED) is 0.527. The maximum Gasteiger partial charge on any atom is 0.186 e. The number of aliphatic hydroxyl groups excluding tert-OH is 2. The third-order valence-electron chi connectivity index (χ3n) is 1.70. The molecule has 2 N–H and O–H groups in total. The van der Waals surface area contributed by atoms with Crippen molar-refractivity contribution in [1.29, 1.82) is 0 Å². The number of hydrogen-bond acceptors (Lipinski definition) is 4. The van der Waals surface area contributed by atoms with Crippen molar-refractivity contribution < 1.29 is 19.7 Å². The predicted molar refractivity (Wildman–Crippen MR) is 46.6 cm³/mol. The summed E-state index contributed by atoms with van der Waals surface area (Å²) in [5, 5.41) is 18.6. The highest BCUT2D eigenvalue weighted by Gasteiger charge is 2.42. The van der Waals surface area contributed by atoms with Gasteiger partial charge in [0.1, 0.15) is 12.2 Å². The Balaban J connectivity index is 2.53. The topological polar surface area (TPSA) is 58.9 Å². The molecule has 4 unspecified atom stereocenters. The minimum absolute atomic E-state index is 0.310. The standard InChI is InChI=1S/C6H11IO4/c1-10-6-5(9)4(8)3(2-7)11-6/h3-6,8-9H,2H2,1H3. The van der Waals surface area contributed by atoms with Gasteiger partial charge in [-0.1, -0.05) is 22.6 Å². The van der Waals surface area contributed by atoms with Crippen LogP contribution in [0.2, 0.25) is 0 Å². The van der Waals surface area contributed by atoms with Gasteiger partial charge in [-0.2, -0.15) is 0 Å². The number of halogens is 1. The lowest BCUT2D eigenvalue weighted by Crippen LogP contribution is -2.33. The van der Waals surface area contributed by atoms with Gasteiger partial charge in [-0.05, 0) is 0 Å². The van der Waals surface area contributed by atoms with Crippen LogP contribution in [0, 0.1) is 0 Å². The fraction of sp³-hybridized carbons (Fsp3) is 1.00. The van der Waals surface area contributed by atoms with Gasteiger partial charge in [0.25, 0.3) is 0 Å². The first-order valence-corrected chi connectivity index (χ1v) is 4.83. The molecular weight excluding hydrogens is 263 g/mol. The van der Waals surface area contributed by atoms with Crippen LogP contribution in [-0.4, -0.2) is 46.4 Å². The molecule has 1 saturated heterocycles. The van der Waals surface area contributed by atoms with Crippen LogP contribution in [-0.2, 0) is 9.47 Å². The summed E-state index contributed by atoms with van der Waals surface area (Å²) in [6.45, 7) is 0. The lowest BCUT2D eigenvalue weighted by Gasteiger charge is -2.11. The lowest BCUT2D eigenvalue weighted by molar-refractivity contribution is -0.145. The Kier molecular flexibility index (Phi) is 3.51. The second-order valence-electron chi connectivity index (χ2n) is 2.41. The summed E-state index contributed by atoms with van der Waals surface area (Å²) in [7, 11) is 1.44. The Hall–Kier alpha value is 0.570. The summed E-state index contributed by atoms with van der Waals surface area (Å²) >= 11 is 2.09. The minimum atomic E-state index is -0.917. The van der Waals surface area contributed by atoms with Crippen LogP contribution in [0.3, 0.4) is 0 Å². The number of hydrogen-bond donors (Lipinski definition) is 2. The van der Waals surface area contributed by atoms with E-state index in [2.05, 4.69) is 22.6 Å². The fourth-order valence-electron chi connectivity index (χ4n) is 1.04. The van der Waals surface area contributed by atoms with Gasteiger partial charge in [0.05, 0.1) is 6.10 Å². The molecule has 11 heavy (non-hydrogen) atoms. The molecular formula is C6H11IO4. The van der Waals surface area contributed by atoms with Crippen LogP contribution < -0.4 is 0 Å². The number of aliphatic hydroxyl groups is 2. The van der Waals surface area contributed by atoms with Crippen LogP contribution in [0.1, 0.15) is 0 Å². The molecule has 1 rings (SSSR count). The number of rotatable bonds is 2. The second kappa shape index (κ2) is 3.99. The van der Waals surface area contributed by atoms with E-state index >= 15 is 0 Å². The van der Waals surface area contributed by atoms with Gasteiger partial charge in [-0.15, -0.1) is 0 Å². The Bertz CT molecular complexity index is 114. The second-order valence-corrected chi connectivity index (χ2v) is 3.29. The van der Waals surface area contributed by atoms with Crippen LogP contribution >= 0.6 is 22.6 Å². The average molecular weight is 274 g/mol. The molecule has 0 spiro atoms. The number of ether oxygens (including phenoxy) is 2. The van der Waals surface area contributed by atoms with Crippen molar-refractivity contribution in [3.8, 4) is 0 Å². The number of methoxy groups -OCH3 is 1. The molecule has 1 fully saturated rings. The zero-order chi connectivity index (χ0) is 8.43. The van der Waals surface area contributed by atoms with E-state index < -0.39 is 18.5 Å². The van der Waals surface area contributed by atoms with Crippen molar-refractivity contribution in [3.05, 3.63) is 0 Å². The van der Waals surface area contributed by atoms with Crippen LogP contribution in [0.15, 0.2) is 0 Å². The first-order valence-electron chi connectivity index (χ1n) is 3.31. The monoisotopic (exact) mass is 274 g/mol. The summed E-state index contributed by atoms with van der Waals surface area (Å²) < 4.78 is 10.6. The Morgan fingerprint density at radius 1 is 1.45 bits per heavy atom. The normalized spacial score (nSPS) is 44.7. The smallest absolute Gasteiger partial charge is 0.186 e. The Morgan fingerprint density at radius 3 is 2.36 bits per heavy atom. The first-order chi connectivity index (χ1) is 5.20. The molecule has 5 heteroatoms. The molecule has 1 aliphatic heterocycles. The average Bonchev–Trinajstić information content (AvgIpc) is 2.30. The Labute approximate surface area is 78.6 Å². The van der Waals surface area contributed by atoms with Crippen molar-refractivity contribution in [2.75, 3.05) is 11.5 Å². The molecule has 66 valence electrons. The molecule has 0 saturated carbocycles. The van der Waals surface area contributed by atoms with E-state index in [0.29, 0.717) is 4.43 Å². The lowest BCUT2D eigenvalue weighted by atomic mass is 10.2. The van der Waals surface area contributed by atoms with E-state index in [1.165, 1.54) is 7.11 Å². The van der Waals surface area contributed by atoms with Gasteiger partial charge in [-0.3, -0.25) is 0 Å². The van der Waals surface area contributed by atoms with Gasteiger partial charge < -0.3 is 19.7 Å². The van der Waals surface area contributed by atoms with Gasteiger partial charge in [0.15, 0.2) is 6.29 Å². The molecule has 1 heterocycles. The minimum Gasteiger partial charge on any atom is -0.387 e. The molecule has 4 nitrogen and oxygen atoms in total. The van der Waals surface area contributed by atoms with Crippen molar-refractivity contribution in [1.82, 2.24) is 0 Å². The molecule has 0 bridgehead atoms. The Morgan fingerprint density at radius 2 is 2.09 bits per heavy atom. The van der Waals surface area contributed by atoms with Crippen LogP contribution in [0.5, 0.6) is 0 Å².